The number of piperidine rings is 1. The molecule has 1 aromatic carbocycles. The molecule has 1 aliphatic rings. The Morgan fingerprint density at radius 3 is 2.61 bits per heavy atom. The first-order valence-electron chi connectivity index (χ1n) is 8.54. The minimum atomic E-state index is -0.0890. The van der Waals surface area contributed by atoms with Crippen LogP contribution in [0.3, 0.4) is 0 Å². The monoisotopic (exact) mass is 320 g/mol. The number of nitrogens with one attached hydrogen (secondary N) is 1. The molecule has 2 rings (SSSR count). The van der Waals surface area contributed by atoms with Crippen LogP contribution in [0.5, 0.6) is 11.5 Å². The molecule has 0 aromatic heterocycles. The number of amides is 1. The smallest absolute Gasteiger partial charge is 0.257 e. The zero-order valence-corrected chi connectivity index (χ0v) is 14.1. The molecule has 0 spiro atoms. The van der Waals surface area contributed by atoms with Crippen molar-refractivity contribution in [1.82, 2.24) is 10.2 Å². The van der Waals surface area contributed by atoms with Crippen LogP contribution in [0.15, 0.2) is 24.3 Å². The van der Waals surface area contributed by atoms with Gasteiger partial charge in [0.25, 0.3) is 5.91 Å². The van der Waals surface area contributed by atoms with Gasteiger partial charge in [-0.2, -0.15) is 0 Å². The van der Waals surface area contributed by atoms with Crippen LogP contribution in [0.2, 0.25) is 0 Å². The molecule has 1 saturated heterocycles. The van der Waals surface area contributed by atoms with E-state index < -0.39 is 0 Å². The van der Waals surface area contributed by atoms with Crippen molar-refractivity contribution in [2.24, 2.45) is 0 Å². The molecule has 0 bridgehead atoms. The Hall–Kier alpha value is -1.75. The minimum Gasteiger partial charge on any atom is -0.493 e. The summed E-state index contributed by atoms with van der Waals surface area (Å²) in [6.45, 7) is 4.35. The first kappa shape index (κ1) is 17.6. The molecule has 0 atom stereocenters. The Bertz CT molecular complexity index is 473. The molecule has 23 heavy (non-hydrogen) atoms. The number of unbranched alkanes of at least 4 members (excludes halogenated alkanes) is 1. The van der Waals surface area contributed by atoms with Crippen molar-refractivity contribution in [3.05, 3.63) is 24.3 Å². The lowest BCUT2D eigenvalue weighted by molar-refractivity contribution is -0.123. The molecule has 1 aliphatic heterocycles. The molecule has 0 aliphatic carbocycles. The fourth-order valence-electron chi connectivity index (χ4n) is 2.80. The van der Waals surface area contributed by atoms with Crippen LogP contribution in [0, 0.1) is 0 Å². The number of nitrogens with zero attached hydrogens (tertiary/aromatic N) is 1. The van der Waals surface area contributed by atoms with E-state index in [2.05, 4.69) is 10.2 Å². The Morgan fingerprint density at radius 1 is 1.13 bits per heavy atom. The molecular formula is C18H28N2O3. The Balaban J connectivity index is 1.54. The fraction of sp³-hybridized carbons (Fsp3) is 0.611. The van der Waals surface area contributed by atoms with Crippen LogP contribution in [0.4, 0.5) is 0 Å². The van der Waals surface area contributed by atoms with Crippen LogP contribution in [0.1, 0.15) is 32.1 Å². The van der Waals surface area contributed by atoms with Gasteiger partial charge in [0.1, 0.15) is 0 Å². The summed E-state index contributed by atoms with van der Waals surface area (Å²) in [4.78, 5) is 14.3. The number of methoxy groups -OCH3 is 1. The van der Waals surface area contributed by atoms with Gasteiger partial charge in [-0.15, -0.1) is 0 Å². The number of para-hydroxylation sites is 2. The number of benzene rings is 1. The SMILES string of the molecule is COc1ccccc1OCC(=O)NCCCCN1CCCCC1. The van der Waals surface area contributed by atoms with E-state index in [-0.39, 0.29) is 12.5 Å². The average Bonchev–Trinajstić information content (AvgIpc) is 2.60. The topological polar surface area (TPSA) is 50.8 Å². The first-order valence-corrected chi connectivity index (χ1v) is 8.54. The number of hydrogen-bond acceptors (Lipinski definition) is 4. The van der Waals surface area contributed by atoms with Crippen molar-refractivity contribution in [2.45, 2.75) is 32.1 Å². The zero-order valence-electron chi connectivity index (χ0n) is 14.1. The summed E-state index contributed by atoms with van der Waals surface area (Å²) in [5.41, 5.74) is 0. The van der Waals surface area contributed by atoms with Crippen molar-refractivity contribution < 1.29 is 14.3 Å². The summed E-state index contributed by atoms with van der Waals surface area (Å²) in [6.07, 6.45) is 6.18. The fourth-order valence-corrected chi connectivity index (χ4v) is 2.80. The normalized spacial score (nSPS) is 15.2. The van der Waals surface area contributed by atoms with E-state index in [4.69, 9.17) is 9.47 Å². The highest BCUT2D eigenvalue weighted by atomic mass is 16.5. The van der Waals surface area contributed by atoms with E-state index in [0.29, 0.717) is 18.0 Å². The molecule has 0 saturated carbocycles. The molecule has 0 unspecified atom stereocenters. The molecular weight excluding hydrogens is 292 g/mol. The predicted octanol–water partition coefficient (Wildman–Crippen LogP) is 2.46. The highest BCUT2D eigenvalue weighted by molar-refractivity contribution is 5.77. The Morgan fingerprint density at radius 2 is 1.87 bits per heavy atom. The zero-order chi connectivity index (χ0) is 16.3. The molecule has 128 valence electrons. The number of likely N-dealkylation sites (tertiary alicyclic amines) is 1. The largest absolute Gasteiger partial charge is 0.493 e. The van der Waals surface area contributed by atoms with Crippen LogP contribution in [-0.2, 0) is 4.79 Å². The van der Waals surface area contributed by atoms with E-state index in [1.54, 1.807) is 13.2 Å². The lowest BCUT2D eigenvalue weighted by atomic mass is 10.1. The Kier molecular flexibility index (Phi) is 7.73. The predicted molar refractivity (Wildman–Crippen MR) is 91.0 cm³/mol. The highest BCUT2D eigenvalue weighted by Crippen LogP contribution is 2.25. The van der Waals surface area contributed by atoms with Gasteiger partial charge < -0.3 is 19.7 Å². The number of rotatable bonds is 9. The summed E-state index contributed by atoms with van der Waals surface area (Å²) in [7, 11) is 1.59. The molecule has 5 heteroatoms. The van der Waals surface area contributed by atoms with Crippen LogP contribution < -0.4 is 14.8 Å². The van der Waals surface area contributed by atoms with E-state index in [9.17, 15) is 4.79 Å². The lowest BCUT2D eigenvalue weighted by Crippen LogP contribution is -2.32. The molecule has 1 N–H and O–H groups in total. The molecule has 1 fully saturated rings. The standard InChI is InChI=1S/C18H28N2O3/c1-22-16-9-3-4-10-17(16)23-15-18(21)19-11-5-8-14-20-12-6-2-7-13-20/h3-4,9-10H,2,5-8,11-15H2,1H3,(H,19,21). The summed E-state index contributed by atoms with van der Waals surface area (Å²) in [5.74, 6) is 1.14. The summed E-state index contributed by atoms with van der Waals surface area (Å²) in [5, 5.41) is 2.90. The van der Waals surface area contributed by atoms with Crippen molar-refractivity contribution in [3.8, 4) is 11.5 Å². The second-order valence-corrected chi connectivity index (χ2v) is 5.90. The first-order chi connectivity index (χ1) is 11.3. The number of hydrogen-bond donors (Lipinski definition) is 1. The lowest BCUT2D eigenvalue weighted by Gasteiger charge is -2.26. The Labute approximate surface area is 139 Å². The van der Waals surface area contributed by atoms with Gasteiger partial charge in [0.2, 0.25) is 0 Å². The second-order valence-electron chi connectivity index (χ2n) is 5.90. The van der Waals surface area contributed by atoms with Crippen molar-refractivity contribution >= 4 is 5.91 Å². The maximum absolute atomic E-state index is 11.8. The van der Waals surface area contributed by atoms with Gasteiger partial charge in [0.05, 0.1) is 7.11 Å². The summed E-state index contributed by atoms with van der Waals surface area (Å²) < 4.78 is 10.7. The molecule has 1 aromatic rings. The third-order valence-corrected chi connectivity index (χ3v) is 4.10. The molecule has 1 amide bonds. The summed E-state index contributed by atoms with van der Waals surface area (Å²) in [6, 6.07) is 7.34. The van der Waals surface area contributed by atoms with Gasteiger partial charge in [-0.3, -0.25) is 4.79 Å². The second kappa shape index (κ2) is 10.1. The highest BCUT2D eigenvalue weighted by Gasteiger charge is 2.09. The number of carbonyl (C=O) groups excluding carboxylic acids is 1. The number of carbonyl (C=O) groups is 1. The summed E-state index contributed by atoms with van der Waals surface area (Å²) >= 11 is 0. The third kappa shape index (κ3) is 6.48. The van der Waals surface area contributed by atoms with Crippen molar-refractivity contribution in [1.29, 1.82) is 0 Å². The molecule has 5 nitrogen and oxygen atoms in total. The molecule has 0 radical (unpaired) electrons. The van der Waals surface area contributed by atoms with Crippen molar-refractivity contribution in [2.75, 3.05) is 39.9 Å². The van der Waals surface area contributed by atoms with Gasteiger partial charge in [-0.05, 0) is 57.5 Å². The molecule has 1 heterocycles. The van der Waals surface area contributed by atoms with Gasteiger partial charge in [-0.1, -0.05) is 18.6 Å². The van der Waals surface area contributed by atoms with Crippen LogP contribution in [-0.4, -0.2) is 50.7 Å². The van der Waals surface area contributed by atoms with Crippen LogP contribution in [0.25, 0.3) is 0 Å². The van der Waals surface area contributed by atoms with Gasteiger partial charge in [-0.25, -0.2) is 0 Å². The quantitative estimate of drug-likeness (QED) is 0.710. The minimum absolute atomic E-state index is 0.0203. The van der Waals surface area contributed by atoms with E-state index in [1.807, 2.05) is 18.2 Å². The third-order valence-electron chi connectivity index (χ3n) is 4.10. The van der Waals surface area contributed by atoms with E-state index >= 15 is 0 Å². The van der Waals surface area contributed by atoms with E-state index in [1.165, 1.54) is 32.4 Å². The van der Waals surface area contributed by atoms with Gasteiger partial charge in [0.15, 0.2) is 18.1 Å². The number of ether oxygens (including phenoxy) is 2. The van der Waals surface area contributed by atoms with Gasteiger partial charge >= 0.3 is 0 Å². The average molecular weight is 320 g/mol. The maximum atomic E-state index is 11.8. The van der Waals surface area contributed by atoms with Crippen molar-refractivity contribution in [3.63, 3.8) is 0 Å². The van der Waals surface area contributed by atoms with Gasteiger partial charge in [0, 0.05) is 6.54 Å². The van der Waals surface area contributed by atoms with E-state index in [0.717, 1.165) is 19.4 Å². The maximum Gasteiger partial charge on any atom is 0.257 e. The van der Waals surface area contributed by atoms with Crippen LogP contribution >= 0.6 is 0 Å².